The quantitative estimate of drug-likeness (QED) is 0.823. The first-order valence-corrected chi connectivity index (χ1v) is 6.92. The van der Waals surface area contributed by atoms with Crippen LogP contribution in [0.3, 0.4) is 0 Å². The maximum atomic E-state index is 12.7. The molecular formula is C14H23F3N2. The van der Waals surface area contributed by atoms with Crippen LogP contribution in [-0.4, -0.2) is 18.8 Å². The summed E-state index contributed by atoms with van der Waals surface area (Å²) in [6.07, 6.45) is -0.883. The molecule has 0 aromatic heterocycles. The van der Waals surface area contributed by atoms with E-state index in [0.717, 1.165) is 12.8 Å². The average molecular weight is 276 g/mol. The summed E-state index contributed by atoms with van der Waals surface area (Å²) in [6, 6.07) is 2.07. The number of hydrogen-bond donors (Lipinski definition) is 1. The molecule has 0 aromatic rings. The lowest BCUT2D eigenvalue weighted by atomic mass is 9.83. The van der Waals surface area contributed by atoms with Gasteiger partial charge in [-0.1, -0.05) is 20.3 Å². The first kappa shape index (κ1) is 16.3. The molecule has 0 amide bonds. The Labute approximate surface area is 113 Å². The average Bonchev–Trinajstić information content (AvgIpc) is 2.34. The van der Waals surface area contributed by atoms with Crippen molar-refractivity contribution in [1.29, 1.82) is 5.26 Å². The molecule has 1 aliphatic rings. The van der Waals surface area contributed by atoms with Crippen LogP contribution in [0.25, 0.3) is 0 Å². The van der Waals surface area contributed by atoms with Gasteiger partial charge in [-0.3, -0.25) is 0 Å². The molecular weight excluding hydrogens is 253 g/mol. The standard InChI is InChI=1S/C14H23F3N2/c1-13(2,7-4-8-18)10-19-12-6-3-5-11(9-12)14(15,16)17/h11-12,19H,3-7,9-10H2,1-2H3. The smallest absolute Gasteiger partial charge is 0.313 e. The Morgan fingerprint density at radius 1 is 1.26 bits per heavy atom. The Balaban J connectivity index is 2.39. The summed E-state index contributed by atoms with van der Waals surface area (Å²) in [5.74, 6) is -1.15. The van der Waals surface area contributed by atoms with Gasteiger partial charge in [-0.2, -0.15) is 18.4 Å². The monoisotopic (exact) mass is 276 g/mol. The van der Waals surface area contributed by atoms with Crippen molar-refractivity contribution >= 4 is 0 Å². The summed E-state index contributed by atoms with van der Waals surface area (Å²) in [4.78, 5) is 0. The van der Waals surface area contributed by atoms with Gasteiger partial charge in [-0.15, -0.1) is 0 Å². The summed E-state index contributed by atoms with van der Waals surface area (Å²) in [5, 5.41) is 11.8. The van der Waals surface area contributed by atoms with E-state index in [0.29, 0.717) is 19.4 Å². The van der Waals surface area contributed by atoms with E-state index in [1.807, 2.05) is 13.8 Å². The van der Waals surface area contributed by atoms with Gasteiger partial charge in [0.25, 0.3) is 0 Å². The molecule has 0 heterocycles. The molecule has 110 valence electrons. The lowest BCUT2D eigenvalue weighted by Crippen LogP contribution is -2.42. The van der Waals surface area contributed by atoms with Crippen LogP contribution in [0.5, 0.6) is 0 Å². The van der Waals surface area contributed by atoms with E-state index < -0.39 is 12.1 Å². The number of nitriles is 1. The molecule has 0 spiro atoms. The highest BCUT2D eigenvalue weighted by molar-refractivity contribution is 4.85. The maximum Gasteiger partial charge on any atom is 0.391 e. The Morgan fingerprint density at radius 3 is 2.53 bits per heavy atom. The summed E-state index contributed by atoms with van der Waals surface area (Å²) in [6.45, 7) is 4.76. The highest BCUT2D eigenvalue weighted by atomic mass is 19.4. The third-order valence-electron chi connectivity index (χ3n) is 3.92. The van der Waals surface area contributed by atoms with Gasteiger partial charge < -0.3 is 5.32 Å². The van der Waals surface area contributed by atoms with E-state index in [-0.39, 0.29) is 24.3 Å². The van der Waals surface area contributed by atoms with Crippen molar-refractivity contribution < 1.29 is 13.2 Å². The zero-order chi connectivity index (χ0) is 14.5. The minimum Gasteiger partial charge on any atom is -0.313 e. The predicted molar refractivity (Wildman–Crippen MR) is 68.4 cm³/mol. The molecule has 1 fully saturated rings. The number of rotatable bonds is 5. The fourth-order valence-corrected chi connectivity index (χ4v) is 2.58. The second kappa shape index (κ2) is 6.60. The van der Waals surface area contributed by atoms with Crippen LogP contribution in [0, 0.1) is 22.7 Å². The van der Waals surface area contributed by atoms with Gasteiger partial charge in [0, 0.05) is 19.0 Å². The van der Waals surface area contributed by atoms with Crippen molar-refractivity contribution in [2.24, 2.45) is 11.3 Å². The van der Waals surface area contributed by atoms with Crippen LogP contribution < -0.4 is 5.32 Å². The van der Waals surface area contributed by atoms with E-state index in [1.54, 1.807) is 0 Å². The molecule has 1 aliphatic carbocycles. The Bertz CT molecular complexity index is 318. The van der Waals surface area contributed by atoms with Crippen molar-refractivity contribution in [2.45, 2.75) is 64.6 Å². The molecule has 19 heavy (non-hydrogen) atoms. The summed E-state index contributed by atoms with van der Waals surface area (Å²) >= 11 is 0. The summed E-state index contributed by atoms with van der Waals surface area (Å²) in [7, 11) is 0. The van der Waals surface area contributed by atoms with Crippen LogP contribution in [-0.2, 0) is 0 Å². The second-order valence-corrected chi connectivity index (χ2v) is 6.31. The van der Waals surface area contributed by atoms with Gasteiger partial charge in [0.2, 0.25) is 0 Å². The molecule has 1 N–H and O–H groups in total. The van der Waals surface area contributed by atoms with Crippen LogP contribution in [0.15, 0.2) is 0 Å². The van der Waals surface area contributed by atoms with E-state index in [9.17, 15) is 13.2 Å². The molecule has 2 nitrogen and oxygen atoms in total. The first-order valence-electron chi connectivity index (χ1n) is 6.92. The van der Waals surface area contributed by atoms with Crippen LogP contribution in [0.2, 0.25) is 0 Å². The van der Waals surface area contributed by atoms with Crippen molar-refractivity contribution in [3.8, 4) is 6.07 Å². The van der Waals surface area contributed by atoms with Gasteiger partial charge in [0.1, 0.15) is 0 Å². The first-order chi connectivity index (χ1) is 8.74. The molecule has 2 atom stereocenters. The van der Waals surface area contributed by atoms with Crippen LogP contribution in [0.4, 0.5) is 13.2 Å². The molecule has 0 aromatic carbocycles. The normalized spacial score (nSPS) is 25.1. The van der Waals surface area contributed by atoms with Gasteiger partial charge in [-0.25, -0.2) is 0 Å². The Hall–Kier alpha value is -0.760. The minimum atomic E-state index is -4.06. The molecule has 0 saturated heterocycles. The Morgan fingerprint density at radius 2 is 1.95 bits per heavy atom. The van der Waals surface area contributed by atoms with Gasteiger partial charge in [0.05, 0.1) is 12.0 Å². The second-order valence-electron chi connectivity index (χ2n) is 6.31. The van der Waals surface area contributed by atoms with Crippen LogP contribution >= 0.6 is 0 Å². The topological polar surface area (TPSA) is 35.8 Å². The molecule has 2 unspecified atom stereocenters. The van der Waals surface area contributed by atoms with Crippen molar-refractivity contribution in [1.82, 2.24) is 5.32 Å². The number of nitrogens with one attached hydrogen (secondary N) is 1. The Kier molecular flexibility index (Phi) is 5.66. The molecule has 0 radical (unpaired) electrons. The molecule has 1 saturated carbocycles. The SMILES string of the molecule is CC(C)(CCC#N)CNC1CCCC(C(F)(F)F)C1. The molecule has 5 heteroatoms. The lowest BCUT2D eigenvalue weighted by Gasteiger charge is -2.33. The van der Waals surface area contributed by atoms with E-state index in [2.05, 4.69) is 11.4 Å². The number of alkyl halides is 3. The van der Waals surface area contributed by atoms with E-state index in [1.165, 1.54) is 0 Å². The highest BCUT2D eigenvalue weighted by Crippen LogP contribution is 2.37. The van der Waals surface area contributed by atoms with Gasteiger partial charge in [-0.05, 0) is 31.1 Å². The predicted octanol–water partition coefficient (Wildman–Crippen LogP) is 4.03. The highest BCUT2D eigenvalue weighted by Gasteiger charge is 2.42. The maximum absolute atomic E-state index is 12.7. The van der Waals surface area contributed by atoms with Crippen molar-refractivity contribution in [3.63, 3.8) is 0 Å². The fourth-order valence-electron chi connectivity index (χ4n) is 2.58. The van der Waals surface area contributed by atoms with Crippen molar-refractivity contribution in [3.05, 3.63) is 0 Å². The van der Waals surface area contributed by atoms with Crippen molar-refractivity contribution in [2.75, 3.05) is 6.54 Å². The zero-order valence-electron chi connectivity index (χ0n) is 11.7. The molecule has 0 aliphatic heterocycles. The minimum absolute atomic E-state index is 0.0401. The number of hydrogen-bond acceptors (Lipinski definition) is 2. The molecule has 0 bridgehead atoms. The van der Waals surface area contributed by atoms with E-state index in [4.69, 9.17) is 5.26 Å². The largest absolute Gasteiger partial charge is 0.391 e. The summed E-state index contributed by atoms with van der Waals surface area (Å²) < 4.78 is 38.1. The fraction of sp³-hybridized carbons (Fsp3) is 0.929. The van der Waals surface area contributed by atoms with Crippen LogP contribution in [0.1, 0.15) is 52.4 Å². The number of nitrogens with zero attached hydrogens (tertiary/aromatic N) is 1. The van der Waals surface area contributed by atoms with E-state index >= 15 is 0 Å². The third kappa shape index (κ3) is 5.82. The van der Waals surface area contributed by atoms with Gasteiger partial charge in [0.15, 0.2) is 0 Å². The lowest BCUT2D eigenvalue weighted by molar-refractivity contribution is -0.183. The number of halogens is 3. The van der Waals surface area contributed by atoms with Gasteiger partial charge >= 0.3 is 6.18 Å². The molecule has 1 rings (SSSR count). The summed E-state index contributed by atoms with van der Waals surface area (Å²) in [5.41, 5.74) is -0.0408. The third-order valence-corrected chi connectivity index (χ3v) is 3.92. The zero-order valence-corrected chi connectivity index (χ0v) is 11.7.